The van der Waals surface area contributed by atoms with Crippen LogP contribution in [0, 0.1) is 10.8 Å². The quantitative estimate of drug-likeness (QED) is 0.826. The van der Waals surface area contributed by atoms with Gasteiger partial charge in [-0.05, 0) is 51.6 Å². The largest absolute Gasteiger partial charge is 0.378 e. The monoisotopic (exact) mass is 266 g/mol. The molecule has 3 fully saturated rings. The highest BCUT2D eigenvalue weighted by Crippen LogP contribution is 2.59. The van der Waals surface area contributed by atoms with E-state index in [0.717, 1.165) is 12.6 Å². The second kappa shape index (κ2) is 5.01. The second-order valence-corrected chi connectivity index (χ2v) is 7.43. The lowest BCUT2D eigenvalue weighted by Crippen LogP contribution is -2.67. The Hall–Kier alpha value is -0.120. The Bertz CT molecular complexity index is 321. The molecule has 0 radical (unpaired) electrons. The Morgan fingerprint density at radius 1 is 1.32 bits per heavy atom. The highest BCUT2D eigenvalue weighted by atomic mass is 16.5. The molecule has 1 aliphatic heterocycles. The Kier molecular flexibility index (Phi) is 3.65. The minimum atomic E-state index is 0.483. The molecule has 3 nitrogen and oxygen atoms in total. The van der Waals surface area contributed by atoms with Crippen LogP contribution in [0.1, 0.15) is 46.0 Å². The fourth-order valence-corrected chi connectivity index (χ4v) is 4.74. The van der Waals surface area contributed by atoms with Gasteiger partial charge in [-0.3, -0.25) is 0 Å². The van der Waals surface area contributed by atoms with E-state index in [0.29, 0.717) is 16.9 Å². The summed E-state index contributed by atoms with van der Waals surface area (Å²) in [6.07, 6.45) is 7.32. The summed E-state index contributed by atoms with van der Waals surface area (Å²) in [7, 11) is 2.34. The van der Waals surface area contributed by atoms with E-state index in [4.69, 9.17) is 4.74 Å². The topological polar surface area (TPSA) is 24.5 Å². The summed E-state index contributed by atoms with van der Waals surface area (Å²) in [6, 6.07) is 0.773. The summed E-state index contributed by atoms with van der Waals surface area (Å²) < 4.78 is 5.97. The molecule has 3 rings (SSSR count). The molecule has 0 amide bonds. The van der Waals surface area contributed by atoms with Gasteiger partial charge in [0.1, 0.15) is 0 Å². The third-order valence-electron chi connectivity index (χ3n) is 6.01. The molecule has 2 aliphatic carbocycles. The highest BCUT2D eigenvalue weighted by Gasteiger charge is 2.60. The van der Waals surface area contributed by atoms with Crippen LogP contribution >= 0.6 is 0 Å². The summed E-state index contributed by atoms with van der Waals surface area (Å²) in [5, 5.41) is 3.52. The minimum Gasteiger partial charge on any atom is -0.378 e. The molecule has 0 aromatic heterocycles. The van der Waals surface area contributed by atoms with Crippen LogP contribution in [0.3, 0.4) is 0 Å². The molecule has 0 aromatic rings. The van der Waals surface area contributed by atoms with E-state index in [9.17, 15) is 0 Å². The van der Waals surface area contributed by atoms with Crippen LogP contribution in [0.25, 0.3) is 0 Å². The number of nitrogens with zero attached hydrogens (tertiary/aromatic N) is 1. The van der Waals surface area contributed by atoms with Crippen LogP contribution in [0.2, 0.25) is 0 Å². The van der Waals surface area contributed by atoms with Crippen LogP contribution < -0.4 is 5.32 Å². The lowest BCUT2D eigenvalue weighted by Gasteiger charge is -2.64. The van der Waals surface area contributed by atoms with E-state index >= 15 is 0 Å². The lowest BCUT2D eigenvalue weighted by molar-refractivity contribution is -0.202. The predicted octanol–water partition coefficient (Wildman–Crippen LogP) is 2.27. The van der Waals surface area contributed by atoms with Gasteiger partial charge < -0.3 is 15.0 Å². The zero-order valence-electron chi connectivity index (χ0n) is 12.9. The first-order valence-electron chi connectivity index (χ1n) is 8.12. The first-order valence-corrected chi connectivity index (χ1v) is 8.12. The summed E-state index contributed by atoms with van der Waals surface area (Å²) in [6.45, 7) is 9.08. The van der Waals surface area contributed by atoms with E-state index in [1.165, 1.54) is 51.7 Å². The maximum Gasteiger partial charge on any atom is 0.0661 e. The van der Waals surface area contributed by atoms with Gasteiger partial charge in [0.2, 0.25) is 0 Å². The van der Waals surface area contributed by atoms with E-state index < -0.39 is 0 Å². The normalized spacial score (nSPS) is 40.4. The van der Waals surface area contributed by atoms with Crippen LogP contribution in [0.15, 0.2) is 0 Å². The van der Waals surface area contributed by atoms with Crippen LogP contribution in [0.5, 0.6) is 0 Å². The fourth-order valence-electron chi connectivity index (χ4n) is 4.74. The summed E-state index contributed by atoms with van der Waals surface area (Å²) in [5.41, 5.74) is 1.00. The molecule has 1 saturated heterocycles. The average molecular weight is 266 g/mol. The molecule has 1 heterocycles. The van der Waals surface area contributed by atoms with Gasteiger partial charge in [-0.1, -0.05) is 13.3 Å². The Morgan fingerprint density at radius 3 is 2.63 bits per heavy atom. The van der Waals surface area contributed by atoms with Gasteiger partial charge in [0.05, 0.1) is 6.10 Å². The third-order valence-corrected chi connectivity index (χ3v) is 6.01. The molecule has 3 heteroatoms. The molecule has 2 saturated carbocycles. The molecule has 0 bridgehead atoms. The van der Waals surface area contributed by atoms with Gasteiger partial charge in [0.15, 0.2) is 0 Å². The third kappa shape index (κ3) is 2.24. The second-order valence-electron chi connectivity index (χ2n) is 7.43. The van der Waals surface area contributed by atoms with E-state index in [2.05, 4.69) is 31.1 Å². The van der Waals surface area contributed by atoms with Gasteiger partial charge >= 0.3 is 0 Å². The SMILES string of the molecule is CCOC1CC(N(C)CC2(C)CCNC2)C12CCC2. The van der Waals surface area contributed by atoms with Gasteiger partial charge in [-0.15, -0.1) is 0 Å². The number of hydrogen-bond donors (Lipinski definition) is 1. The molecule has 1 N–H and O–H groups in total. The van der Waals surface area contributed by atoms with Crippen molar-refractivity contribution in [2.75, 3.05) is 33.3 Å². The fraction of sp³-hybridized carbons (Fsp3) is 1.00. The van der Waals surface area contributed by atoms with Crippen LogP contribution in [0.4, 0.5) is 0 Å². The van der Waals surface area contributed by atoms with Gasteiger partial charge in [-0.25, -0.2) is 0 Å². The van der Waals surface area contributed by atoms with Gasteiger partial charge in [0, 0.05) is 31.2 Å². The first-order chi connectivity index (χ1) is 9.10. The molecule has 0 aromatic carbocycles. The summed E-state index contributed by atoms with van der Waals surface area (Å²) in [4.78, 5) is 2.65. The van der Waals surface area contributed by atoms with Crippen molar-refractivity contribution in [3.63, 3.8) is 0 Å². The van der Waals surface area contributed by atoms with Crippen molar-refractivity contribution < 1.29 is 4.74 Å². The van der Waals surface area contributed by atoms with E-state index in [-0.39, 0.29) is 0 Å². The van der Waals surface area contributed by atoms with Crippen molar-refractivity contribution in [2.45, 2.75) is 58.1 Å². The minimum absolute atomic E-state index is 0.483. The molecule has 3 atom stereocenters. The number of nitrogens with one attached hydrogen (secondary N) is 1. The molecule has 19 heavy (non-hydrogen) atoms. The standard InChI is InChI=1S/C16H30N2O/c1-4-19-14-10-13(16(14)6-5-7-16)18(3)12-15(2)8-9-17-11-15/h13-14,17H,4-12H2,1-3H3. The van der Waals surface area contributed by atoms with Gasteiger partial charge in [-0.2, -0.15) is 0 Å². The maximum atomic E-state index is 5.97. The maximum absolute atomic E-state index is 5.97. The molecule has 3 unspecified atom stereocenters. The molecule has 3 aliphatic rings. The highest BCUT2D eigenvalue weighted by molar-refractivity contribution is 5.12. The van der Waals surface area contributed by atoms with E-state index in [1.807, 2.05) is 0 Å². The molecular weight excluding hydrogens is 236 g/mol. The Balaban J connectivity index is 1.60. The zero-order chi connectivity index (χ0) is 13.5. The average Bonchev–Trinajstić information content (AvgIpc) is 2.67. The van der Waals surface area contributed by atoms with Gasteiger partial charge in [0.25, 0.3) is 0 Å². The Morgan fingerprint density at radius 2 is 2.11 bits per heavy atom. The number of ether oxygens (including phenoxy) is 1. The smallest absolute Gasteiger partial charge is 0.0661 e. The van der Waals surface area contributed by atoms with Crippen LogP contribution in [-0.4, -0.2) is 50.3 Å². The number of rotatable bonds is 5. The summed E-state index contributed by atoms with van der Waals surface area (Å²) in [5.74, 6) is 0. The first kappa shape index (κ1) is 13.8. The van der Waals surface area contributed by atoms with Crippen molar-refractivity contribution in [1.82, 2.24) is 10.2 Å². The van der Waals surface area contributed by atoms with Crippen molar-refractivity contribution in [3.8, 4) is 0 Å². The van der Waals surface area contributed by atoms with Crippen molar-refractivity contribution in [3.05, 3.63) is 0 Å². The van der Waals surface area contributed by atoms with Crippen molar-refractivity contribution in [2.24, 2.45) is 10.8 Å². The molecule has 110 valence electrons. The molecular formula is C16H30N2O. The van der Waals surface area contributed by atoms with Crippen LogP contribution in [-0.2, 0) is 4.74 Å². The van der Waals surface area contributed by atoms with E-state index in [1.54, 1.807) is 0 Å². The number of hydrogen-bond acceptors (Lipinski definition) is 3. The zero-order valence-corrected chi connectivity index (χ0v) is 12.9. The predicted molar refractivity (Wildman–Crippen MR) is 78.3 cm³/mol. The van der Waals surface area contributed by atoms with Crippen molar-refractivity contribution in [1.29, 1.82) is 0 Å². The van der Waals surface area contributed by atoms with Crippen molar-refractivity contribution >= 4 is 0 Å². The summed E-state index contributed by atoms with van der Waals surface area (Å²) >= 11 is 0. The lowest BCUT2D eigenvalue weighted by atomic mass is 9.50. The Labute approximate surface area is 118 Å². The molecule has 1 spiro atoms.